The van der Waals surface area contributed by atoms with Gasteiger partial charge in [0.1, 0.15) is 5.92 Å². The lowest BCUT2D eigenvalue weighted by Crippen LogP contribution is -2.40. The monoisotopic (exact) mass is 234 g/mol. The maximum Gasteiger partial charge on any atom is 0.240 e. The molecule has 1 amide bonds. The Morgan fingerprint density at radius 1 is 1.24 bits per heavy atom. The van der Waals surface area contributed by atoms with E-state index in [4.69, 9.17) is 5.26 Å². The van der Waals surface area contributed by atoms with Crippen LogP contribution in [0.4, 0.5) is 0 Å². The van der Waals surface area contributed by atoms with Gasteiger partial charge in [0.15, 0.2) is 0 Å². The molecule has 17 heavy (non-hydrogen) atoms. The number of amides is 1. The van der Waals surface area contributed by atoms with Crippen LogP contribution in [0.2, 0.25) is 0 Å². The maximum atomic E-state index is 12.3. The van der Waals surface area contributed by atoms with Crippen molar-refractivity contribution in [3.05, 3.63) is 0 Å². The Morgan fingerprint density at radius 3 is 2.00 bits per heavy atom. The largest absolute Gasteiger partial charge is 0.341 e. The SMILES string of the molecule is CC(C)C(C#N)C(=O)N(CC1CC1)CC1CC1. The molecule has 94 valence electrons. The highest BCUT2D eigenvalue weighted by Crippen LogP contribution is 2.34. The second kappa shape index (κ2) is 5.08. The van der Waals surface area contributed by atoms with Gasteiger partial charge in [0.05, 0.1) is 6.07 Å². The molecule has 3 heteroatoms. The van der Waals surface area contributed by atoms with E-state index in [1.54, 1.807) is 0 Å². The fraction of sp³-hybridized carbons (Fsp3) is 0.857. The maximum absolute atomic E-state index is 12.3. The first-order valence-electron chi connectivity index (χ1n) is 6.80. The molecule has 2 aliphatic rings. The van der Waals surface area contributed by atoms with Crippen LogP contribution in [0, 0.1) is 35.0 Å². The molecule has 0 aromatic heterocycles. The van der Waals surface area contributed by atoms with Crippen LogP contribution in [0.3, 0.4) is 0 Å². The van der Waals surface area contributed by atoms with Crippen molar-refractivity contribution in [2.24, 2.45) is 23.7 Å². The first-order valence-corrected chi connectivity index (χ1v) is 6.80. The molecule has 2 aliphatic carbocycles. The number of nitrogens with zero attached hydrogens (tertiary/aromatic N) is 2. The smallest absolute Gasteiger partial charge is 0.240 e. The Balaban J connectivity index is 1.96. The van der Waals surface area contributed by atoms with E-state index in [-0.39, 0.29) is 11.8 Å². The van der Waals surface area contributed by atoms with Crippen LogP contribution in [0.1, 0.15) is 39.5 Å². The molecule has 0 bridgehead atoms. The Kier molecular flexibility index (Phi) is 3.71. The van der Waals surface area contributed by atoms with Gasteiger partial charge in [0.25, 0.3) is 0 Å². The number of carbonyl (C=O) groups is 1. The van der Waals surface area contributed by atoms with Crippen molar-refractivity contribution < 1.29 is 4.79 Å². The second-order valence-corrected chi connectivity index (χ2v) is 5.98. The van der Waals surface area contributed by atoms with E-state index >= 15 is 0 Å². The summed E-state index contributed by atoms with van der Waals surface area (Å²) >= 11 is 0. The van der Waals surface area contributed by atoms with Gasteiger partial charge in [-0.1, -0.05) is 13.8 Å². The summed E-state index contributed by atoms with van der Waals surface area (Å²) in [7, 11) is 0. The summed E-state index contributed by atoms with van der Waals surface area (Å²) in [6.45, 7) is 5.69. The van der Waals surface area contributed by atoms with E-state index < -0.39 is 5.92 Å². The first kappa shape index (κ1) is 12.4. The van der Waals surface area contributed by atoms with Crippen LogP contribution in [0.25, 0.3) is 0 Å². The number of hydrogen-bond acceptors (Lipinski definition) is 2. The van der Waals surface area contributed by atoms with E-state index in [1.165, 1.54) is 25.7 Å². The van der Waals surface area contributed by atoms with Crippen molar-refractivity contribution in [2.75, 3.05) is 13.1 Å². The van der Waals surface area contributed by atoms with Gasteiger partial charge >= 0.3 is 0 Å². The molecule has 0 heterocycles. The summed E-state index contributed by atoms with van der Waals surface area (Å²) in [5.41, 5.74) is 0. The van der Waals surface area contributed by atoms with E-state index in [0.717, 1.165) is 13.1 Å². The molecule has 0 aliphatic heterocycles. The average Bonchev–Trinajstić information content (AvgIpc) is 3.11. The van der Waals surface area contributed by atoms with Crippen molar-refractivity contribution in [3.8, 4) is 6.07 Å². The van der Waals surface area contributed by atoms with E-state index in [9.17, 15) is 4.79 Å². The van der Waals surface area contributed by atoms with Gasteiger partial charge in [-0.2, -0.15) is 5.26 Å². The molecule has 3 nitrogen and oxygen atoms in total. The van der Waals surface area contributed by atoms with Gasteiger partial charge in [0, 0.05) is 13.1 Å². The molecule has 2 saturated carbocycles. The van der Waals surface area contributed by atoms with Gasteiger partial charge in [-0.3, -0.25) is 4.79 Å². The summed E-state index contributed by atoms with van der Waals surface area (Å²) in [5.74, 6) is 1.16. The van der Waals surface area contributed by atoms with E-state index in [1.807, 2.05) is 18.7 Å². The molecule has 1 atom stereocenters. The van der Waals surface area contributed by atoms with Gasteiger partial charge in [-0.15, -0.1) is 0 Å². The second-order valence-electron chi connectivity index (χ2n) is 5.98. The predicted molar refractivity (Wildman–Crippen MR) is 66.0 cm³/mol. The lowest BCUT2D eigenvalue weighted by atomic mass is 9.95. The quantitative estimate of drug-likeness (QED) is 0.708. The summed E-state index contributed by atoms with van der Waals surface area (Å²) < 4.78 is 0. The Labute approximate surface area is 104 Å². The molecule has 0 aromatic carbocycles. The Bertz CT molecular complexity index is 310. The standard InChI is InChI=1S/C14H22N2O/c1-10(2)13(7-15)14(17)16(8-11-3-4-11)9-12-5-6-12/h10-13H,3-6,8-9H2,1-2H3. The van der Waals surface area contributed by atoms with Crippen LogP contribution in [0.5, 0.6) is 0 Å². The molecule has 2 rings (SSSR count). The van der Waals surface area contributed by atoms with Crippen LogP contribution in [-0.2, 0) is 4.79 Å². The zero-order chi connectivity index (χ0) is 12.4. The lowest BCUT2D eigenvalue weighted by molar-refractivity contribution is -0.135. The highest BCUT2D eigenvalue weighted by Gasteiger charge is 2.34. The van der Waals surface area contributed by atoms with Crippen molar-refractivity contribution in [3.63, 3.8) is 0 Å². The van der Waals surface area contributed by atoms with Gasteiger partial charge in [-0.25, -0.2) is 0 Å². The summed E-state index contributed by atoms with van der Waals surface area (Å²) in [5, 5.41) is 9.12. The van der Waals surface area contributed by atoms with Gasteiger partial charge < -0.3 is 4.90 Å². The lowest BCUT2D eigenvalue weighted by Gasteiger charge is -2.26. The summed E-state index contributed by atoms with van der Waals surface area (Å²) in [6.07, 6.45) is 5.03. The molecule has 0 spiro atoms. The molecule has 0 radical (unpaired) electrons. The molecule has 2 fully saturated rings. The first-order chi connectivity index (χ1) is 8.11. The zero-order valence-electron chi connectivity index (χ0n) is 10.9. The van der Waals surface area contributed by atoms with Gasteiger partial charge in [0.2, 0.25) is 5.91 Å². The third-order valence-corrected chi connectivity index (χ3v) is 3.73. The molecular formula is C14H22N2O. The minimum Gasteiger partial charge on any atom is -0.341 e. The molecule has 0 N–H and O–H groups in total. The normalized spacial score (nSPS) is 21.1. The van der Waals surface area contributed by atoms with Crippen molar-refractivity contribution >= 4 is 5.91 Å². The summed E-state index contributed by atoms with van der Waals surface area (Å²) in [6, 6.07) is 2.18. The molecule has 0 saturated heterocycles. The number of carbonyl (C=O) groups excluding carboxylic acids is 1. The fourth-order valence-corrected chi connectivity index (χ4v) is 2.16. The minimum atomic E-state index is -0.451. The number of nitriles is 1. The zero-order valence-corrected chi connectivity index (χ0v) is 10.9. The third-order valence-electron chi connectivity index (χ3n) is 3.73. The van der Waals surface area contributed by atoms with Crippen LogP contribution >= 0.6 is 0 Å². The Morgan fingerprint density at radius 2 is 1.71 bits per heavy atom. The van der Waals surface area contributed by atoms with E-state index in [0.29, 0.717) is 11.8 Å². The predicted octanol–water partition coefficient (Wildman–Crippen LogP) is 2.43. The van der Waals surface area contributed by atoms with Crippen LogP contribution in [-0.4, -0.2) is 23.9 Å². The van der Waals surface area contributed by atoms with Crippen molar-refractivity contribution in [1.82, 2.24) is 4.90 Å². The Hall–Kier alpha value is -1.04. The molecular weight excluding hydrogens is 212 g/mol. The average molecular weight is 234 g/mol. The number of hydrogen-bond donors (Lipinski definition) is 0. The van der Waals surface area contributed by atoms with Crippen molar-refractivity contribution in [1.29, 1.82) is 5.26 Å². The molecule has 1 unspecified atom stereocenters. The molecule has 0 aromatic rings. The van der Waals surface area contributed by atoms with E-state index in [2.05, 4.69) is 6.07 Å². The number of rotatable bonds is 6. The highest BCUT2D eigenvalue weighted by molar-refractivity contribution is 5.81. The topological polar surface area (TPSA) is 44.1 Å². The third kappa shape index (κ3) is 3.46. The van der Waals surface area contributed by atoms with Crippen molar-refractivity contribution in [2.45, 2.75) is 39.5 Å². The van der Waals surface area contributed by atoms with Gasteiger partial charge in [-0.05, 0) is 43.4 Å². The fourth-order valence-electron chi connectivity index (χ4n) is 2.16. The van der Waals surface area contributed by atoms with Crippen LogP contribution < -0.4 is 0 Å². The highest BCUT2D eigenvalue weighted by atomic mass is 16.2. The minimum absolute atomic E-state index is 0.0706. The van der Waals surface area contributed by atoms with Crippen LogP contribution in [0.15, 0.2) is 0 Å². The summed E-state index contributed by atoms with van der Waals surface area (Å²) in [4.78, 5) is 14.3.